The highest BCUT2D eigenvalue weighted by Crippen LogP contribution is 2.35. The Morgan fingerprint density at radius 2 is 1.48 bits per heavy atom. The summed E-state index contributed by atoms with van der Waals surface area (Å²) in [6, 6.07) is 23.7. The van der Waals surface area contributed by atoms with Crippen LogP contribution in [0.3, 0.4) is 0 Å². The molecule has 1 aromatic heterocycles. The molecule has 0 aliphatic carbocycles. The van der Waals surface area contributed by atoms with Gasteiger partial charge in [-0.2, -0.15) is 0 Å². The van der Waals surface area contributed by atoms with E-state index in [2.05, 4.69) is 0 Å². The molecule has 0 atom stereocenters. The Labute approximate surface area is 161 Å². The van der Waals surface area contributed by atoms with Gasteiger partial charge in [-0.05, 0) is 12.1 Å². The standard InChI is InChI=1S/C23H16ClNO2/c1-25-19-14-8-6-12-17(19)20(16-11-5-7-13-18(16)24)21(23(25)27)22(26)15-9-3-2-4-10-15/h2-14H,1H3. The van der Waals surface area contributed by atoms with E-state index >= 15 is 0 Å². The molecule has 4 aromatic rings. The number of benzene rings is 3. The van der Waals surface area contributed by atoms with Crippen molar-refractivity contribution in [2.75, 3.05) is 0 Å². The quantitative estimate of drug-likeness (QED) is 0.469. The second-order valence-corrected chi connectivity index (χ2v) is 6.71. The minimum absolute atomic E-state index is 0.135. The van der Waals surface area contributed by atoms with Crippen molar-refractivity contribution in [1.82, 2.24) is 4.57 Å². The van der Waals surface area contributed by atoms with Crippen molar-refractivity contribution < 1.29 is 4.79 Å². The molecule has 0 unspecified atom stereocenters. The summed E-state index contributed by atoms with van der Waals surface area (Å²) >= 11 is 6.45. The van der Waals surface area contributed by atoms with Crippen molar-refractivity contribution in [1.29, 1.82) is 0 Å². The molecule has 0 amide bonds. The van der Waals surface area contributed by atoms with Gasteiger partial charge in [0.05, 0.1) is 11.1 Å². The van der Waals surface area contributed by atoms with Crippen LogP contribution in [0.4, 0.5) is 0 Å². The number of nitrogens with zero attached hydrogens (tertiary/aromatic N) is 1. The molecular formula is C23H16ClNO2. The van der Waals surface area contributed by atoms with Crippen LogP contribution >= 0.6 is 11.6 Å². The number of halogens is 1. The van der Waals surface area contributed by atoms with E-state index in [1.165, 1.54) is 4.57 Å². The van der Waals surface area contributed by atoms with E-state index in [0.717, 1.165) is 10.9 Å². The molecule has 0 spiro atoms. The molecule has 1 heterocycles. The van der Waals surface area contributed by atoms with Crippen LogP contribution in [0.5, 0.6) is 0 Å². The van der Waals surface area contributed by atoms with Gasteiger partial charge in [0, 0.05) is 34.1 Å². The van der Waals surface area contributed by atoms with Gasteiger partial charge in [0.15, 0.2) is 5.78 Å². The lowest BCUT2D eigenvalue weighted by molar-refractivity contribution is 0.103. The highest BCUT2D eigenvalue weighted by molar-refractivity contribution is 6.34. The minimum Gasteiger partial charge on any atom is -0.311 e. The maximum atomic E-state index is 13.3. The number of carbonyl (C=O) groups is 1. The van der Waals surface area contributed by atoms with Crippen molar-refractivity contribution in [3.63, 3.8) is 0 Å². The summed E-state index contributed by atoms with van der Waals surface area (Å²) in [6.45, 7) is 0. The third-order valence-corrected chi connectivity index (χ3v) is 5.04. The van der Waals surface area contributed by atoms with Gasteiger partial charge >= 0.3 is 0 Å². The highest BCUT2D eigenvalue weighted by Gasteiger charge is 2.24. The number of hydrogen-bond donors (Lipinski definition) is 0. The van der Waals surface area contributed by atoms with Crippen LogP contribution in [0.1, 0.15) is 15.9 Å². The number of fused-ring (bicyclic) bond motifs is 1. The topological polar surface area (TPSA) is 39.1 Å². The van der Waals surface area contributed by atoms with Crippen LogP contribution in [-0.2, 0) is 7.05 Å². The summed E-state index contributed by atoms with van der Waals surface area (Å²) in [6.07, 6.45) is 0. The molecule has 132 valence electrons. The molecule has 0 radical (unpaired) electrons. The van der Waals surface area contributed by atoms with E-state index in [4.69, 9.17) is 11.6 Å². The zero-order valence-electron chi connectivity index (χ0n) is 14.6. The van der Waals surface area contributed by atoms with Crippen LogP contribution in [0.15, 0.2) is 83.7 Å². The number of aryl methyl sites for hydroxylation is 1. The predicted molar refractivity (Wildman–Crippen MR) is 110 cm³/mol. The van der Waals surface area contributed by atoms with Crippen LogP contribution in [0, 0.1) is 0 Å². The molecule has 0 bridgehead atoms. The molecule has 0 fully saturated rings. The zero-order valence-corrected chi connectivity index (χ0v) is 15.4. The zero-order chi connectivity index (χ0) is 19.0. The molecule has 4 heteroatoms. The summed E-state index contributed by atoms with van der Waals surface area (Å²) in [5, 5.41) is 1.31. The molecular weight excluding hydrogens is 358 g/mol. The Balaban J connectivity index is 2.17. The van der Waals surface area contributed by atoms with Gasteiger partial charge in [-0.1, -0.05) is 78.3 Å². The average Bonchev–Trinajstić information content (AvgIpc) is 2.71. The number of para-hydroxylation sites is 1. The van der Waals surface area contributed by atoms with Crippen LogP contribution < -0.4 is 5.56 Å². The van der Waals surface area contributed by atoms with E-state index in [0.29, 0.717) is 21.7 Å². The van der Waals surface area contributed by atoms with E-state index in [1.807, 2.05) is 48.5 Å². The molecule has 0 N–H and O–H groups in total. The van der Waals surface area contributed by atoms with Gasteiger partial charge in [0.25, 0.3) is 5.56 Å². The minimum atomic E-state index is -0.336. The first-order chi connectivity index (χ1) is 13.1. The average molecular weight is 374 g/mol. The second kappa shape index (κ2) is 6.86. The number of ketones is 1. The van der Waals surface area contributed by atoms with E-state index in [1.54, 1.807) is 37.4 Å². The number of pyridine rings is 1. The van der Waals surface area contributed by atoms with Crippen molar-refractivity contribution in [3.05, 3.63) is 105 Å². The highest BCUT2D eigenvalue weighted by atomic mass is 35.5. The third kappa shape index (κ3) is 2.86. The van der Waals surface area contributed by atoms with Gasteiger partial charge in [0.2, 0.25) is 0 Å². The summed E-state index contributed by atoms with van der Waals surface area (Å²) in [7, 11) is 1.68. The maximum absolute atomic E-state index is 13.3. The summed E-state index contributed by atoms with van der Waals surface area (Å²) in [4.78, 5) is 26.5. The fourth-order valence-electron chi connectivity index (χ4n) is 3.38. The molecule has 0 saturated heterocycles. The molecule has 3 aromatic carbocycles. The molecule has 4 rings (SSSR count). The predicted octanol–water partition coefficient (Wildman–Crippen LogP) is 5.09. The summed E-state index contributed by atoms with van der Waals surface area (Å²) < 4.78 is 1.52. The lowest BCUT2D eigenvalue weighted by Crippen LogP contribution is -2.26. The monoisotopic (exact) mass is 373 g/mol. The van der Waals surface area contributed by atoms with Crippen molar-refractivity contribution >= 4 is 28.3 Å². The first kappa shape index (κ1) is 17.3. The van der Waals surface area contributed by atoms with Crippen molar-refractivity contribution in [2.24, 2.45) is 7.05 Å². The number of rotatable bonds is 3. The van der Waals surface area contributed by atoms with Crippen LogP contribution in [-0.4, -0.2) is 10.4 Å². The van der Waals surface area contributed by atoms with Gasteiger partial charge in [-0.3, -0.25) is 9.59 Å². The van der Waals surface area contributed by atoms with Crippen molar-refractivity contribution in [3.8, 4) is 11.1 Å². The first-order valence-electron chi connectivity index (χ1n) is 8.56. The lowest BCUT2D eigenvalue weighted by atomic mass is 9.91. The van der Waals surface area contributed by atoms with Crippen LogP contribution in [0.25, 0.3) is 22.0 Å². The van der Waals surface area contributed by atoms with E-state index < -0.39 is 0 Å². The Kier molecular flexibility index (Phi) is 4.38. The molecule has 0 aliphatic heterocycles. The normalized spacial score (nSPS) is 10.9. The van der Waals surface area contributed by atoms with Crippen molar-refractivity contribution in [2.45, 2.75) is 0 Å². The molecule has 0 aliphatic rings. The maximum Gasteiger partial charge on any atom is 0.262 e. The Morgan fingerprint density at radius 3 is 2.22 bits per heavy atom. The van der Waals surface area contributed by atoms with Gasteiger partial charge in [-0.25, -0.2) is 0 Å². The SMILES string of the molecule is Cn1c(=O)c(C(=O)c2ccccc2)c(-c2ccccc2Cl)c2ccccc21. The fraction of sp³-hybridized carbons (Fsp3) is 0.0435. The molecule has 3 nitrogen and oxygen atoms in total. The number of hydrogen-bond acceptors (Lipinski definition) is 2. The third-order valence-electron chi connectivity index (χ3n) is 4.71. The molecule has 0 saturated carbocycles. The first-order valence-corrected chi connectivity index (χ1v) is 8.94. The largest absolute Gasteiger partial charge is 0.311 e. The number of aromatic nitrogens is 1. The lowest BCUT2D eigenvalue weighted by Gasteiger charge is -2.16. The van der Waals surface area contributed by atoms with E-state index in [-0.39, 0.29) is 16.9 Å². The van der Waals surface area contributed by atoms with Gasteiger partial charge in [-0.15, -0.1) is 0 Å². The van der Waals surface area contributed by atoms with E-state index in [9.17, 15) is 9.59 Å². The Bertz CT molecular complexity index is 1230. The second-order valence-electron chi connectivity index (χ2n) is 6.31. The summed E-state index contributed by atoms with van der Waals surface area (Å²) in [5.41, 5.74) is 2.27. The Morgan fingerprint density at radius 1 is 0.852 bits per heavy atom. The smallest absolute Gasteiger partial charge is 0.262 e. The Hall–Kier alpha value is -3.17. The van der Waals surface area contributed by atoms with Gasteiger partial charge < -0.3 is 4.57 Å². The molecule has 27 heavy (non-hydrogen) atoms. The van der Waals surface area contributed by atoms with Gasteiger partial charge in [0.1, 0.15) is 0 Å². The van der Waals surface area contributed by atoms with Crippen LogP contribution in [0.2, 0.25) is 5.02 Å². The fourth-order valence-corrected chi connectivity index (χ4v) is 3.61. The summed E-state index contributed by atoms with van der Waals surface area (Å²) in [5.74, 6) is -0.308. The number of carbonyl (C=O) groups excluding carboxylic acids is 1.